The van der Waals surface area contributed by atoms with Gasteiger partial charge in [-0.2, -0.15) is 0 Å². The van der Waals surface area contributed by atoms with E-state index in [1.165, 1.54) is 6.07 Å². The lowest BCUT2D eigenvalue weighted by Gasteiger charge is -2.13. The Hall–Kier alpha value is -2.80. The molecule has 0 aliphatic carbocycles. The molecule has 0 saturated heterocycles. The molecule has 0 aliphatic rings. The van der Waals surface area contributed by atoms with Gasteiger partial charge in [0.05, 0.1) is 10.4 Å². The summed E-state index contributed by atoms with van der Waals surface area (Å²) in [5.74, 6) is -0.404. The first-order chi connectivity index (χ1) is 14.9. The Morgan fingerprint density at radius 1 is 1.03 bits per heavy atom. The molecule has 0 radical (unpaired) electrons. The number of hydrogen-bond acceptors (Lipinski definition) is 4. The van der Waals surface area contributed by atoms with Crippen molar-refractivity contribution in [1.82, 2.24) is 0 Å². The van der Waals surface area contributed by atoms with Crippen LogP contribution >= 0.6 is 39.1 Å². The van der Waals surface area contributed by atoms with Gasteiger partial charge in [0.1, 0.15) is 5.58 Å². The molecule has 3 aromatic carbocycles. The summed E-state index contributed by atoms with van der Waals surface area (Å²) in [6, 6.07) is 18.7. The molecule has 1 N–H and O–H groups in total. The third kappa shape index (κ3) is 4.77. The number of halogens is 3. The van der Waals surface area contributed by atoms with Crippen molar-refractivity contribution in [2.75, 3.05) is 11.9 Å². The molecule has 5 nitrogen and oxygen atoms in total. The van der Waals surface area contributed by atoms with Crippen molar-refractivity contribution >= 4 is 61.7 Å². The van der Waals surface area contributed by atoms with Gasteiger partial charge in [-0.15, -0.1) is 0 Å². The van der Waals surface area contributed by atoms with Crippen molar-refractivity contribution in [3.05, 3.63) is 91.5 Å². The van der Waals surface area contributed by atoms with E-state index in [1.54, 1.807) is 60.7 Å². The molecule has 0 unspecified atom stereocenters. The average molecular weight is 519 g/mol. The summed E-state index contributed by atoms with van der Waals surface area (Å²) in [5.41, 5.74) is 1.00. The monoisotopic (exact) mass is 517 g/mol. The van der Waals surface area contributed by atoms with E-state index in [1.807, 2.05) is 0 Å². The smallest absolute Gasteiger partial charge is 0.262 e. The zero-order valence-electron chi connectivity index (χ0n) is 15.8. The Balaban J connectivity index is 1.70. The van der Waals surface area contributed by atoms with E-state index in [2.05, 4.69) is 21.2 Å². The number of ether oxygens (including phenoxy) is 1. The van der Waals surface area contributed by atoms with Gasteiger partial charge in [-0.1, -0.05) is 51.3 Å². The fourth-order valence-electron chi connectivity index (χ4n) is 2.97. The molecule has 156 valence electrons. The van der Waals surface area contributed by atoms with Crippen molar-refractivity contribution < 1.29 is 13.9 Å². The van der Waals surface area contributed by atoms with Gasteiger partial charge in [0.25, 0.3) is 5.91 Å². The van der Waals surface area contributed by atoms with Crippen LogP contribution in [0.3, 0.4) is 0 Å². The van der Waals surface area contributed by atoms with Crippen LogP contribution < -0.4 is 15.5 Å². The molecule has 1 amide bonds. The lowest BCUT2D eigenvalue weighted by molar-refractivity contribution is -0.118. The lowest BCUT2D eigenvalue weighted by atomic mass is 10.1. The van der Waals surface area contributed by atoms with Crippen molar-refractivity contribution in [1.29, 1.82) is 0 Å². The van der Waals surface area contributed by atoms with Crippen LogP contribution in [0, 0.1) is 0 Å². The van der Waals surface area contributed by atoms with E-state index in [9.17, 15) is 9.59 Å². The third-order valence-electron chi connectivity index (χ3n) is 4.41. The van der Waals surface area contributed by atoms with E-state index in [0.717, 1.165) is 4.47 Å². The molecule has 0 saturated carbocycles. The highest BCUT2D eigenvalue weighted by molar-refractivity contribution is 9.10. The van der Waals surface area contributed by atoms with Crippen LogP contribution in [0.2, 0.25) is 10.0 Å². The summed E-state index contributed by atoms with van der Waals surface area (Å²) in [4.78, 5) is 25.5. The molecule has 31 heavy (non-hydrogen) atoms. The Morgan fingerprint density at radius 3 is 2.52 bits per heavy atom. The molecular weight excluding hydrogens is 505 g/mol. The molecule has 8 heteroatoms. The Bertz CT molecular complexity index is 1340. The van der Waals surface area contributed by atoms with Crippen molar-refractivity contribution in [3.63, 3.8) is 0 Å². The van der Waals surface area contributed by atoms with E-state index < -0.39 is 17.9 Å². The second-order valence-electron chi connectivity index (χ2n) is 6.55. The maximum absolute atomic E-state index is 13.1. The number of carbonyl (C=O) groups is 1. The summed E-state index contributed by atoms with van der Waals surface area (Å²) in [5, 5.41) is 3.77. The first-order valence-corrected chi connectivity index (χ1v) is 10.7. The van der Waals surface area contributed by atoms with Crippen LogP contribution in [0.15, 0.2) is 80.4 Å². The van der Waals surface area contributed by atoms with Crippen LogP contribution in [-0.2, 0) is 4.79 Å². The van der Waals surface area contributed by atoms with Crippen molar-refractivity contribution in [2.45, 2.75) is 0 Å². The predicted octanol–water partition coefficient (Wildman–Crippen LogP) is 6.55. The molecule has 0 bridgehead atoms. The minimum Gasteiger partial charge on any atom is -0.476 e. The van der Waals surface area contributed by atoms with Gasteiger partial charge >= 0.3 is 0 Å². The Labute approximate surface area is 195 Å². The van der Waals surface area contributed by atoms with Gasteiger partial charge in [-0.25, -0.2) is 0 Å². The number of para-hydroxylation sites is 1. The van der Waals surface area contributed by atoms with Crippen LogP contribution in [0.4, 0.5) is 5.69 Å². The van der Waals surface area contributed by atoms with Gasteiger partial charge in [0, 0.05) is 20.7 Å². The SMILES string of the molecule is O=C(COc1c(-c2ccc(Cl)cc2Cl)oc2ccccc2c1=O)Nc1ccc(Br)cc1. The number of rotatable bonds is 5. The highest BCUT2D eigenvalue weighted by Crippen LogP contribution is 2.36. The Kier molecular flexibility index (Phi) is 6.32. The molecule has 0 atom stereocenters. The summed E-state index contributed by atoms with van der Waals surface area (Å²) >= 11 is 15.7. The fraction of sp³-hybridized carbons (Fsp3) is 0.0435. The minimum atomic E-state index is -0.428. The number of fused-ring (bicyclic) bond motifs is 1. The van der Waals surface area contributed by atoms with Crippen molar-refractivity contribution in [2.24, 2.45) is 0 Å². The van der Waals surface area contributed by atoms with Crippen LogP contribution in [0.25, 0.3) is 22.3 Å². The zero-order valence-corrected chi connectivity index (χ0v) is 18.9. The summed E-state index contributed by atoms with van der Waals surface area (Å²) in [7, 11) is 0. The normalized spacial score (nSPS) is 10.8. The average Bonchev–Trinajstić information content (AvgIpc) is 2.75. The van der Waals surface area contributed by atoms with E-state index in [0.29, 0.717) is 27.2 Å². The summed E-state index contributed by atoms with van der Waals surface area (Å²) in [6.07, 6.45) is 0. The number of amides is 1. The third-order valence-corrected chi connectivity index (χ3v) is 5.48. The molecular formula is C23H14BrCl2NO4. The topological polar surface area (TPSA) is 68.5 Å². The number of hydrogen-bond donors (Lipinski definition) is 1. The number of anilines is 1. The van der Waals surface area contributed by atoms with Gasteiger partial charge in [-0.05, 0) is 54.6 Å². The van der Waals surface area contributed by atoms with E-state index in [4.69, 9.17) is 32.4 Å². The van der Waals surface area contributed by atoms with E-state index >= 15 is 0 Å². The second-order valence-corrected chi connectivity index (χ2v) is 8.31. The van der Waals surface area contributed by atoms with Gasteiger partial charge < -0.3 is 14.5 Å². The number of carbonyl (C=O) groups excluding carboxylic acids is 1. The van der Waals surface area contributed by atoms with Crippen LogP contribution in [-0.4, -0.2) is 12.5 Å². The van der Waals surface area contributed by atoms with Gasteiger partial charge in [-0.3, -0.25) is 9.59 Å². The second kappa shape index (κ2) is 9.14. The van der Waals surface area contributed by atoms with Gasteiger partial charge in [0.2, 0.25) is 11.2 Å². The molecule has 4 aromatic rings. The zero-order chi connectivity index (χ0) is 22.0. The summed E-state index contributed by atoms with van der Waals surface area (Å²) < 4.78 is 12.5. The highest BCUT2D eigenvalue weighted by atomic mass is 79.9. The highest BCUT2D eigenvalue weighted by Gasteiger charge is 2.20. The Morgan fingerprint density at radius 2 is 1.77 bits per heavy atom. The van der Waals surface area contributed by atoms with Gasteiger partial charge in [0.15, 0.2) is 12.4 Å². The first kappa shape index (κ1) is 21.4. The molecule has 1 aromatic heterocycles. The van der Waals surface area contributed by atoms with Crippen LogP contribution in [0.5, 0.6) is 5.75 Å². The fourth-order valence-corrected chi connectivity index (χ4v) is 3.73. The maximum Gasteiger partial charge on any atom is 0.262 e. The van der Waals surface area contributed by atoms with Crippen molar-refractivity contribution in [3.8, 4) is 17.1 Å². The largest absolute Gasteiger partial charge is 0.476 e. The number of nitrogens with one attached hydrogen (secondary N) is 1. The minimum absolute atomic E-state index is 0.103. The lowest BCUT2D eigenvalue weighted by Crippen LogP contribution is -2.22. The maximum atomic E-state index is 13.1. The van der Waals surface area contributed by atoms with E-state index in [-0.39, 0.29) is 16.5 Å². The number of benzene rings is 3. The standard InChI is InChI=1S/C23H14BrCl2NO4/c24-13-5-8-15(9-6-13)27-20(28)12-30-23-21(29)17-3-1-2-4-19(17)31-22(23)16-10-7-14(25)11-18(16)26/h1-11H,12H2,(H,27,28). The predicted molar refractivity (Wildman–Crippen MR) is 126 cm³/mol. The molecule has 4 rings (SSSR count). The molecule has 1 heterocycles. The molecule has 0 aliphatic heterocycles. The van der Waals surface area contributed by atoms with Crippen LogP contribution in [0.1, 0.15) is 0 Å². The quantitative estimate of drug-likeness (QED) is 0.325. The summed E-state index contributed by atoms with van der Waals surface area (Å²) in [6.45, 7) is -0.391. The molecule has 0 spiro atoms. The first-order valence-electron chi connectivity index (χ1n) is 9.12. The molecule has 0 fully saturated rings.